The van der Waals surface area contributed by atoms with E-state index < -0.39 is 11.1 Å². The zero-order valence-corrected chi connectivity index (χ0v) is 13.2. The molecule has 1 atom stereocenters. The molecule has 0 aliphatic heterocycles. The number of aryl methyl sites for hydroxylation is 1. The first-order valence-corrected chi connectivity index (χ1v) is 7.34. The molecule has 6 heteroatoms. The molecule has 0 spiro atoms. The van der Waals surface area contributed by atoms with Gasteiger partial charge in [0, 0.05) is 17.1 Å². The second-order valence-corrected chi connectivity index (χ2v) is 6.03. The average Bonchev–Trinajstić information content (AvgIpc) is 2.71. The Morgan fingerprint density at radius 3 is 2.38 bits per heavy atom. The van der Waals surface area contributed by atoms with Crippen LogP contribution >= 0.6 is 34.8 Å². The number of alkyl halides is 1. The van der Waals surface area contributed by atoms with Gasteiger partial charge in [0.1, 0.15) is 0 Å². The highest BCUT2D eigenvalue weighted by atomic mass is 35.5. The van der Waals surface area contributed by atoms with Gasteiger partial charge in [0.05, 0.1) is 10.9 Å². The molecule has 0 aliphatic rings. The zero-order valence-electron chi connectivity index (χ0n) is 10.9. The Labute approximate surface area is 135 Å². The molecule has 3 aromatic rings. The number of oxazole rings is 1. The number of benzene rings is 2. The number of hydrogen-bond donors (Lipinski definition) is 0. The molecule has 0 fully saturated rings. The van der Waals surface area contributed by atoms with Crippen LogP contribution < -0.4 is 5.76 Å². The third-order valence-corrected chi connectivity index (χ3v) is 4.23. The molecule has 0 amide bonds. The summed E-state index contributed by atoms with van der Waals surface area (Å²) in [4.78, 5) is 11.5. The molecule has 0 saturated carbocycles. The van der Waals surface area contributed by atoms with Crippen molar-refractivity contribution in [1.29, 1.82) is 0 Å². The van der Waals surface area contributed by atoms with Gasteiger partial charge < -0.3 is 4.42 Å². The molecular weight excluding hydrogens is 333 g/mol. The van der Waals surface area contributed by atoms with Crippen molar-refractivity contribution in [2.24, 2.45) is 7.05 Å². The van der Waals surface area contributed by atoms with Crippen molar-refractivity contribution < 1.29 is 4.42 Å². The lowest BCUT2D eigenvalue weighted by Gasteiger charge is -2.11. The van der Waals surface area contributed by atoms with Gasteiger partial charge in [0.2, 0.25) is 0 Å². The maximum absolute atomic E-state index is 11.5. The summed E-state index contributed by atoms with van der Waals surface area (Å²) in [5, 5.41) is 0.613. The number of rotatable bonds is 2. The van der Waals surface area contributed by atoms with Gasteiger partial charge in [-0.25, -0.2) is 4.79 Å². The summed E-state index contributed by atoms with van der Waals surface area (Å²) in [7, 11) is 1.66. The minimum Gasteiger partial charge on any atom is -0.408 e. The van der Waals surface area contributed by atoms with E-state index in [1.807, 2.05) is 6.07 Å². The molecule has 3 nitrogen and oxygen atoms in total. The van der Waals surface area contributed by atoms with Crippen LogP contribution in [-0.4, -0.2) is 4.57 Å². The number of fused-ring (bicyclic) bond motifs is 1. The standard InChI is InChI=1S/C15H10Cl3NO2/c1-19-12-3-2-8(6-13(12)21-15(19)20)14(18)9-4-10(16)7-11(17)5-9/h2-7,14H,1H3. The Morgan fingerprint density at radius 2 is 1.71 bits per heavy atom. The highest BCUT2D eigenvalue weighted by molar-refractivity contribution is 6.35. The summed E-state index contributed by atoms with van der Waals surface area (Å²) < 4.78 is 6.61. The van der Waals surface area contributed by atoms with Gasteiger partial charge in [-0.3, -0.25) is 4.57 Å². The molecule has 3 rings (SSSR count). The first-order valence-electron chi connectivity index (χ1n) is 6.15. The Hall–Kier alpha value is -1.42. The molecule has 1 heterocycles. The molecule has 21 heavy (non-hydrogen) atoms. The van der Waals surface area contributed by atoms with Crippen LogP contribution in [0.25, 0.3) is 11.1 Å². The maximum atomic E-state index is 11.5. The summed E-state index contributed by atoms with van der Waals surface area (Å²) in [6.07, 6.45) is 0. The number of halogens is 3. The second-order valence-electron chi connectivity index (χ2n) is 4.72. The lowest BCUT2D eigenvalue weighted by molar-refractivity contribution is 0.528. The minimum atomic E-state index is -0.434. The number of nitrogens with zero attached hydrogens (tertiary/aromatic N) is 1. The van der Waals surface area contributed by atoms with Crippen LogP contribution in [0.3, 0.4) is 0 Å². The van der Waals surface area contributed by atoms with Gasteiger partial charge in [-0.2, -0.15) is 0 Å². The van der Waals surface area contributed by atoms with Crippen molar-refractivity contribution in [1.82, 2.24) is 4.57 Å². The molecule has 108 valence electrons. The van der Waals surface area contributed by atoms with Crippen LogP contribution in [0.15, 0.2) is 45.6 Å². The number of aromatic nitrogens is 1. The molecule has 0 N–H and O–H groups in total. The van der Waals surface area contributed by atoms with Crippen LogP contribution in [0, 0.1) is 0 Å². The van der Waals surface area contributed by atoms with Gasteiger partial charge in [-0.1, -0.05) is 29.3 Å². The average molecular weight is 343 g/mol. The zero-order chi connectivity index (χ0) is 15.1. The van der Waals surface area contributed by atoms with E-state index in [2.05, 4.69) is 0 Å². The lowest BCUT2D eigenvalue weighted by Crippen LogP contribution is -2.08. The van der Waals surface area contributed by atoms with Crippen molar-refractivity contribution in [3.05, 3.63) is 68.1 Å². The van der Waals surface area contributed by atoms with Gasteiger partial charge in [-0.05, 0) is 41.5 Å². The normalized spacial score (nSPS) is 12.8. The second kappa shape index (κ2) is 5.41. The lowest BCUT2D eigenvalue weighted by atomic mass is 10.0. The van der Waals surface area contributed by atoms with Crippen LogP contribution in [0.4, 0.5) is 0 Å². The third-order valence-electron chi connectivity index (χ3n) is 3.29. The van der Waals surface area contributed by atoms with Gasteiger partial charge in [0.25, 0.3) is 0 Å². The Morgan fingerprint density at radius 1 is 1.05 bits per heavy atom. The van der Waals surface area contributed by atoms with Crippen LogP contribution in [0.1, 0.15) is 16.5 Å². The van der Waals surface area contributed by atoms with Crippen LogP contribution in [0.5, 0.6) is 0 Å². The van der Waals surface area contributed by atoms with Crippen LogP contribution in [-0.2, 0) is 7.05 Å². The largest absolute Gasteiger partial charge is 0.419 e. The monoisotopic (exact) mass is 341 g/mol. The van der Waals surface area contributed by atoms with Crippen molar-refractivity contribution in [3.8, 4) is 0 Å². The van der Waals surface area contributed by atoms with E-state index in [0.717, 1.165) is 16.6 Å². The summed E-state index contributed by atoms with van der Waals surface area (Å²) in [5.41, 5.74) is 2.80. The highest BCUT2D eigenvalue weighted by Crippen LogP contribution is 2.33. The molecule has 0 bridgehead atoms. The van der Waals surface area contributed by atoms with E-state index in [-0.39, 0.29) is 0 Å². The Kier molecular flexibility index (Phi) is 3.74. The highest BCUT2D eigenvalue weighted by Gasteiger charge is 2.15. The molecule has 0 aliphatic carbocycles. The molecular formula is C15H10Cl3NO2. The van der Waals surface area contributed by atoms with E-state index >= 15 is 0 Å². The van der Waals surface area contributed by atoms with Crippen LogP contribution in [0.2, 0.25) is 10.0 Å². The number of hydrogen-bond acceptors (Lipinski definition) is 2. The Balaban J connectivity index is 2.08. The summed E-state index contributed by atoms with van der Waals surface area (Å²) >= 11 is 18.5. The van der Waals surface area contributed by atoms with E-state index in [4.69, 9.17) is 39.2 Å². The van der Waals surface area contributed by atoms with Gasteiger partial charge in [-0.15, -0.1) is 11.6 Å². The first-order chi connectivity index (χ1) is 9.95. The summed E-state index contributed by atoms with van der Waals surface area (Å²) in [6, 6.07) is 10.6. The predicted molar refractivity (Wildman–Crippen MR) is 85.6 cm³/mol. The molecule has 0 saturated heterocycles. The first kappa shape index (κ1) is 14.5. The van der Waals surface area contributed by atoms with Gasteiger partial charge in [0.15, 0.2) is 5.58 Å². The van der Waals surface area contributed by atoms with E-state index in [1.54, 1.807) is 37.4 Å². The van der Waals surface area contributed by atoms with Crippen molar-refractivity contribution >= 4 is 45.9 Å². The molecule has 1 aromatic heterocycles. The van der Waals surface area contributed by atoms with Crippen molar-refractivity contribution in [2.45, 2.75) is 5.38 Å². The molecule has 2 aromatic carbocycles. The Bertz CT molecular complexity index is 862. The van der Waals surface area contributed by atoms with E-state index in [0.29, 0.717) is 15.6 Å². The minimum absolute atomic E-state index is 0.404. The molecule has 1 unspecified atom stereocenters. The quantitative estimate of drug-likeness (QED) is 0.629. The third kappa shape index (κ3) is 2.69. The smallest absolute Gasteiger partial charge is 0.408 e. The summed E-state index contributed by atoms with van der Waals surface area (Å²) in [5.74, 6) is -0.404. The fraction of sp³-hybridized carbons (Fsp3) is 0.133. The maximum Gasteiger partial charge on any atom is 0.419 e. The fourth-order valence-electron chi connectivity index (χ4n) is 2.22. The topological polar surface area (TPSA) is 35.1 Å². The van der Waals surface area contributed by atoms with E-state index in [9.17, 15) is 4.79 Å². The predicted octanol–water partition coefficient (Wildman–Crippen LogP) is 4.77. The summed E-state index contributed by atoms with van der Waals surface area (Å²) in [6.45, 7) is 0. The van der Waals surface area contributed by atoms with Crippen molar-refractivity contribution in [3.63, 3.8) is 0 Å². The van der Waals surface area contributed by atoms with E-state index in [1.165, 1.54) is 4.57 Å². The molecule has 0 radical (unpaired) electrons. The fourth-order valence-corrected chi connectivity index (χ4v) is 3.03. The SMILES string of the molecule is Cn1c(=O)oc2cc(C(Cl)c3cc(Cl)cc(Cl)c3)ccc21. The van der Waals surface area contributed by atoms with Crippen molar-refractivity contribution in [2.75, 3.05) is 0 Å². The van der Waals surface area contributed by atoms with Gasteiger partial charge >= 0.3 is 5.76 Å².